The highest BCUT2D eigenvalue weighted by Crippen LogP contribution is 2.36. The van der Waals surface area contributed by atoms with E-state index in [1.165, 1.54) is 32.1 Å². The summed E-state index contributed by atoms with van der Waals surface area (Å²) < 4.78 is 7.96. The number of hydrogen-bond acceptors (Lipinski definition) is 2. The Morgan fingerprint density at radius 3 is 2.68 bits per heavy atom. The lowest BCUT2D eigenvalue weighted by atomic mass is 9.85. The van der Waals surface area contributed by atoms with E-state index in [1.807, 2.05) is 12.1 Å². The molecule has 2 saturated carbocycles. The van der Waals surface area contributed by atoms with E-state index in [-0.39, 0.29) is 12.0 Å². The van der Waals surface area contributed by atoms with Crippen LogP contribution in [0.25, 0.3) is 0 Å². The van der Waals surface area contributed by atoms with Crippen molar-refractivity contribution in [2.75, 3.05) is 19.7 Å². The number of rotatable bonds is 6. The molecule has 4 rings (SSSR count). The SMILES string of the molecule is O=C(c1cccn1C1CC1)N(CC1CCC1)C[C@@H]1CCCO1. The maximum atomic E-state index is 13.1. The first-order valence-corrected chi connectivity index (χ1v) is 8.89. The minimum Gasteiger partial charge on any atom is -0.376 e. The Morgan fingerprint density at radius 1 is 1.18 bits per heavy atom. The first-order chi connectivity index (χ1) is 10.8. The molecule has 120 valence electrons. The molecule has 1 amide bonds. The monoisotopic (exact) mass is 302 g/mol. The zero-order valence-electron chi connectivity index (χ0n) is 13.2. The van der Waals surface area contributed by atoms with Crippen LogP contribution in [0.2, 0.25) is 0 Å². The molecule has 1 aromatic rings. The second-order valence-corrected chi connectivity index (χ2v) is 7.17. The van der Waals surface area contributed by atoms with Crippen molar-refractivity contribution < 1.29 is 9.53 Å². The number of hydrogen-bond donors (Lipinski definition) is 0. The molecular formula is C18H26N2O2. The summed E-state index contributed by atoms with van der Waals surface area (Å²) in [5.41, 5.74) is 0.875. The van der Waals surface area contributed by atoms with Crippen LogP contribution in [0.4, 0.5) is 0 Å². The van der Waals surface area contributed by atoms with Crippen LogP contribution in [-0.2, 0) is 4.74 Å². The van der Waals surface area contributed by atoms with E-state index in [2.05, 4.69) is 15.7 Å². The van der Waals surface area contributed by atoms with Gasteiger partial charge in [-0.15, -0.1) is 0 Å². The molecule has 2 heterocycles. The summed E-state index contributed by atoms with van der Waals surface area (Å²) in [6, 6.07) is 4.56. The van der Waals surface area contributed by atoms with Crippen LogP contribution in [0.3, 0.4) is 0 Å². The van der Waals surface area contributed by atoms with E-state index in [9.17, 15) is 4.79 Å². The van der Waals surface area contributed by atoms with Gasteiger partial charge < -0.3 is 14.2 Å². The van der Waals surface area contributed by atoms with E-state index in [0.717, 1.165) is 38.2 Å². The fourth-order valence-corrected chi connectivity index (χ4v) is 3.67. The standard InChI is InChI=1S/C18H26N2O2/c21-18(17-7-2-10-20(17)15-8-9-15)19(12-14-4-1-5-14)13-16-6-3-11-22-16/h2,7,10,14-16H,1,3-6,8-9,11-13H2/t16-/m0/s1. The predicted molar refractivity (Wildman–Crippen MR) is 84.9 cm³/mol. The fraction of sp³-hybridized carbons (Fsp3) is 0.722. The molecule has 1 aromatic heterocycles. The van der Waals surface area contributed by atoms with Gasteiger partial charge in [0.2, 0.25) is 0 Å². The summed E-state index contributed by atoms with van der Waals surface area (Å²) >= 11 is 0. The molecule has 3 aliphatic rings. The zero-order chi connectivity index (χ0) is 14.9. The summed E-state index contributed by atoms with van der Waals surface area (Å²) in [6.45, 7) is 2.54. The third-order valence-corrected chi connectivity index (χ3v) is 5.38. The smallest absolute Gasteiger partial charge is 0.270 e. The zero-order valence-corrected chi connectivity index (χ0v) is 13.2. The largest absolute Gasteiger partial charge is 0.376 e. The van der Waals surface area contributed by atoms with E-state index >= 15 is 0 Å². The molecule has 0 radical (unpaired) electrons. The van der Waals surface area contributed by atoms with Gasteiger partial charge in [0.15, 0.2) is 0 Å². The van der Waals surface area contributed by atoms with Crippen molar-refractivity contribution in [1.29, 1.82) is 0 Å². The van der Waals surface area contributed by atoms with Gasteiger partial charge in [0.05, 0.1) is 6.10 Å². The van der Waals surface area contributed by atoms with Crippen LogP contribution >= 0.6 is 0 Å². The molecule has 0 spiro atoms. The Kier molecular flexibility index (Phi) is 3.95. The first kappa shape index (κ1) is 14.3. The lowest BCUT2D eigenvalue weighted by Gasteiger charge is -2.33. The Hall–Kier alpha value is -1.29. The van der Waals surface area contributed by atoms with Gasteiger partial charge in [-0.25, -0.2) is 0 Å². The molecule has 4 heteroatoms. The third kappa shape index (κ3) is 2.94. The Balaban J connectivity index is 1.49. The number of nitrogens with zero attached hydrogens (tertiary/aromatic N) is 2. The molecule has 0 unspecified atom stereocenters. The molecule has 22 heavy (non-hydrogen) atoms. The van der Waals surface area contributed by atoms with Crippen LogP contribution in [-0.4, -0.2) is 41.2 Å². The number of carbonyl (C=O) groups excluding carboxylic acids is 1. The fourth-order valence-electron chi connectivity index (χ4n) is 3.67. The number of ether oxygens (including phenoxy) is 1. The highest BCUT2D eigenvalue weighted by Gasteiger charge is 2.31. The quantitative estimate of drug-likeness (QED) is 0.808. The summed E-state index contributed by atoms with van der Waals surface area (Å²) in [6.07, 6.45) is 10.8. The van der Waals surface area contributed by atoms with Crippen LogP contribution in [0.15, 0.2) is 18.3 Å². The summed E-state index contributed by atoms with van der Waals surface area (Å²) in [7, 11) is 0. The van der Waals surface area contributed by atoms with Gasteiger partial charge in [-0.3, -0.25) is 4.79 Å². The lowest BCUT2D eigenvalue weighted by Crippen LogP contribution is -2.42. The molecule has 0 N–H and O–H groups in total. The van der Waals surface area contributed by atoms with E-state index < -0.39 is 0 Å². The van der Waals surface area contributed by atoms with Crippen molar-refractivity contribution in [3.63, 3.8) is 0 Å². The van der Waals surface area contributed by atoms with Crippen molar-refractivity contribution >= 4 is 5.91 Å². The Labute approximate surface area is 132 Å². The van der Waals surface area contributed by atoms with Gasteiger partial charge >= 0.3 is 0 Å². The normalized spacial score (nSPS) is 25.2. The molecule has 1 aliphatic heterocycles. The van der Waals surface area contributed by atoms with E-state index in [4.69, 9.17) is 4.74 Å². The number of carbonyl (C=O) groups is 1. The van der Waals surface area contributed by atoms with E-state index in [1.54, 1.807) is 0 Å². The minimum atomic E-state index is 0.208. The van der Waals surface area contributed by atoms with Crippen molar-refractivity contribution in [3.05, 3.63) is 24.0 Å². The van der Waals surface area contributed by atoms with Crippen LogP contribution < -0.4 is 0 Å². The van der Waals surface area contributed by atoms with Crippen LogP contribution in [0.1, 0.15) is 61.5 Å². The molecule has 4 nitrogen and oxygen atoms in total. The predicted octanol–water partition coefficient (Wildman–Crippen LogP) is 3.24. The van der Waals surface area contributed by atoms with E-state index in [0.29, 0.717) is 12.0 Å². The van der Waals surface area contributed by atoms with Gasteiger partial charge in [0.1, 0.15) is 5.69 Å². The average Bonchev–Trinajstić information content (AvgIpc) is 3.00. The van der Waals surface area contributed by atoms with Crippen molar-refractivity contribution in [1.82, 2.24) is 9.47 Å². The minimum absolute atomic E-state index is 0.208. The van der Waals surface area contributed by atoms with Gasteiger partial charge in [0, 0.05) is 31.9 Å². The summed E-state index contributed by atoms with van der Waals surface area (Å²) in [5.74, 6) is 0.911. The van der Waals surface area contributed by atoms with Gasteiger partial charge in [-0.05, 0) is 56.6 Å². The van der Waals surface area contributed by atoms with Gasteiger partial charge in [-0.1, -0.05) is 6.42 Å². The molecule has 3 fully saturated rings. The molecule has 1 atom stereocenters. The van der Waals surface area contributed by atoms with Gasteiger partial charge in [-0.2, -0.15) is 0 Å². The first-order valence-electron chi connectivity index (χ1n) is 8.89. The molecule has 2 aliphatic carbocycles. The second-order valence-electron chi connectivity index (χ2n) is 7.17. The molecule has 1 saturated heterocycles. The van der Waals surface area contributed by atoms with Crippen molar-refractivity contribution in [2.24, 2.45) is 5.92 Å². The molecule has 0 aromatic carbocycles. The Morgan fingerprint density at radius 2 is 2.05 bits per heavy atom. The highest BCUT2D eigenvalue weighted by atomic mass is 16.5. The lowest BCUT2D eigenvalue weighted by molar-refractivity contribution is 0.0440. The van der Waals surface area contributed by atoms with Crippen molar-refractivity contribution in [2.45, 2.75) is 57.1 Å². The number of amides is 1. The highest BCUT2D eigenvalue weighted by molar-refractivity contribution is 5.93. The molecule has 0 bridgehead atoms. The summed E-state index contributed by atoms with van der Waals surface area (Å²) in [5, 5.41) is 0. The average molecular weight is 302 g/mol. The van der Waals surface area contributed by atoms with Crippen molar-refractivity contribution in [3.8, 4) is 0 Å². The third-order valence-electron chi connectivity index (χ3n) is 5.38. The number of aromatic nitrogens is 1. The topological polar surface area (TPSA) is 34.5 Å². The van der Waals surface area contributed by atoms with Crippen LogP contribution in [0, 0.1) is 5.92 Å². The molecular weight excluding hydrogens is 276 g/mol. The Bertz CT molecular complexity index is 525. The van der Waals surface area contributed by atoms with Gasteiger partial charge in [0.25, 0.3) is 5.91 Å². The second kappa shape index (κ2) is 6.07. The summed E-state index contributed by atoms with van der Waals surface area (Å²) in [4.78, 5) is 15.1. The maximum Gasteiger partial charge on any atom is 0.270 e. The van der Waals surface area contributed by atoms with Crippen LogP contribution in [0.5, 0.6) is 0 Å². The maximum absolute atomic E-state index is 13.1.